The van der Waals surface area contributed by atoms with E-state index in [2.05, 4.69) is 32.9 Å². The molecule has 5 heteroatoms. The SMILES string of the molecule is CCC1CCCC(n2nc(N)nc2Br)C1. The molecule has 0 saturated heterocycles. The summed E-state index contributed by atoms with van der Waals surface area (Å²) in [5.41, 5.74) is 5.58. The minimum absolute atomic E-state index is 0.362. The molecular weight excluding hydrogens is 256 g/mol. The van der Waals surface area contributed by atoms with E-state index in [4.69, 9.17) is 5.73 Å². The van der Waals surface area contributed by atoms with Gasteiger partial charge in [0, 0.05) is 0 Å². The molecule has 0 amide bonds. The fraction of sp³-hybridized carbons (Fsp3) is 0.800. The molecule has 1 aliphatic carbocycles. The Kier molecular flexibility index (Phi) is 3.29. The van der Waals surface area contributed by atoms with E-state index < -0.39 is 0 Å². The first kappa shape index (κ1) is 10.9. The van der Waals surface area contributed by atoms with Crippen LogP contribution in [0.5, 0.6) is 0 Å². The van der Waals surface area contributed by atoms with Crippen molar-refractivity contribution in [3.05, 3.63) is 4.73 Å². The van der Waals surface area contributed by atoms with Gasteiger partial charge in [-0.1, -0.05) is 26.2 Å². The Morgan fingerprint density at radius 2 is 2.33 bits per heavy atom. The lowest BCUT2D eigenvalue weighted by molar-refractivity contribution is 0.245. The first-order valence-electron chi connectivity index (χ1n) is 5.58. The van der Waals surface area contributed by atoms with Gasteiger partial charge in [0.05, 0.1) is 6.04 Å². The highest BCUT2D eigenvalue weighted by Crippen LogP contribution is 2.35. The van der Waals surface area contributed by atoms with Gasteiger partial charge in [0.2, 0.25) is 5.95 Å². The molecule has 15 heavy (non-hydrogen) atoms. The number of aromatic nitrogens is 3. The van der Waals surface area contributed by atoms with Crippen molar-refractivity contribution in [1.82, 2.24) is 14.8 Å². The molecule has 84 valence electrons. The van der Waals surface area contributed by atoms with Crippen LogP contribution in [0.3, 0.4) is 0 Å². The smallest absolute Gasteiger partial charge is 0.240 e. The van der Waals surface area contributed by atoms with E-state index in [9.17, 15) is 0 Å². The molecule has 1 fully saturated rings. The predicted octanol–water partition coefficient (Wildman–Crippen LogP) is 2.76. The number of halogens is 1. The quantitative estimate of drug-likeness (QED) is 0.901. The third kappa shape index (κ3) is 2.33. The molecule has 0 spiro atoms. The Hall–Kier alpha value is -0.580. The maximum atomic E-state index is 5.58. The van der Waals surface area contributed by atoms with E-state index in [-0.39, 0.29) is 0 Å². The van der Waals surface area contributed by atoms with Gasteiger partial charge >= 0.3 is 0 Å². The van der Waals surface area contributed by atoms with Crippen LogP contribution in [0.4, 0.5) is 5.95 Å². The molecule has 2 N–H and O–H groups in total. The van der Waals surface area contributed by atoms with Crippen molar-refractivity contribution >= 4 is 21.9 Å². The standard InChI is InChI=1S/C10H17BrN4/c1-2-7-4-3-5-8(6-7)15-9(11)13-10(12)14-15/h7-8H,2-6H2,1H3,(H2,12,14). The third-order valence-electron chi connectivity index (χ3n) is 3.28. The van der Waals surface area contributed by atoms with Crippen molar-refractivity contribution in [2.24, 2.45) is 5.92 Å². The zero-order valence-electron chi connectivity index (χ0n) is 8.99. The summed E-state index contributed by atoms with van der Waals surface area (Å²) in [5.74, 6) is 1.20. The summed E-state index contributed by atoms with van der Waals surface area (Å²) < 4.78 is 2.71. The first-order chi connectivity index (χ1) is 7.20. The van der Waals surface area contributed by atoms with Crippen LogP contribution in [-0.2, 0) is 0 Å². The first-order valence-corrected chi connectivity index (χ1v) is 6.37. The highest BCUT2D eigenvalue weighted by atomic mass is 79.9. The molecule has 2 unspecified atom stereocenters. The lowest BCUT2D eigenvalue weighted by atomic mass is 9.84. The van der Waals surface area contributed by atoms with Crippen LogP contribution in [0.1, 0.15) is 45.1 Å². The van der Waals surface area contributed by atoms with E-state index in [1.165, 1.54) is 32.1 Å². The zero-order valence-corrected chi connectivity index (χ0v) is 10.6. The van der Waals surface area contributed by atoms with E-state index in [0.29, 0.717) is 12.0 Å². The number of nitrogens with zero attached hydrogens (tertiary/aromatic N) is 3. The largest absolute Gasteiger partial charge is 0.366 e. The highest BCUT2D eigenvalue weighted by molar-refractivity contribution is 9.10. The van der Waals surface area contributed by atoms with Gasteiger partial charge in [-0.25, -0.2) is 4.68 Å². The molecule has 0 aliphatic heterocycles. The van der Waals surface area contributed by atoms with Crippen molar-refractivity contribution in [3.8, 4) is 0 Å². The van der Waals surface area contributed by atoms with Crippen LogP contribution in [-0.4, -0.2) is 14.8 Å². The molecule has 1 aromatic heterocycles. The maximum absolute atomic E-state index is 5.58. The molecule has 1 heterocycles. The Bertz CT molecular complexity index is 336. The monoisotopic (exact) mass is 272 g/mol. The van der Waals surface area contributed by atoms with Crippen molar-refractivity contribution in [1.29, 1.82) is 0 Å². The van der Waals surface area contributed by atoms with Gasteiger partial charge in [0.1, 0.15) is 0 Å². The van der Waals surface area contributed by atoms with Crippen LogP contribution in [0.25, 0.3) is 0 Å². The van der Waals surface area contributed by atoms with Gasteiger partial charge in [-0.2, -0.15) is 4.98 Å². The number of hydrogen-bond donors (Lipinski definition) is 1. The summed E-state index contributed by atoms with van der Waals surface area (Å²) in [6, 6.07) is 0.475. The van der Waals surface area contributed by atoms with Crippen LogP contribution in [0.15, 0.2) is 4.73 Å². The number of anilines is 1. The molecule has 0 radical (unpaired) electrons. The molecule has 4 nitrogen and oxygen atoms in total. The average Bonchev–Trinajstić information content (AvgIpc) is 2.58. The van der Waals surface area contributed by atoms with Crippen molar-refractivity contribution in [2.45, 2.75) is 45.1 Å². The van der Waals surface area contributed by atoms with Gasteiger partial charge < -0.3 is 5.73 Å². The maximum Gasteiger partial charge on any atom is 0.240 e. The summed E-state index contributed by atoms with van der Waals surface area (Å²) in [6.45, 7) is 2.26. The molecular formula is C10H17BrN4. The van der Waals surface area contributed by atoms with E-state index >= 15 is 0 Å². The van der Waals surface area contributed by atoms with E-state index in [1.807, 2.05) is 4.68 Å². The summed E-state index contributed by atoms with van der Waals surface area (Å²) in [7, 11) is 0. The topological polar surface area (TPSA) is 56.7 Å². The van der Waals surface area contributed by atoms with Gasteiger partial charge in [-0.3, -0.25) is 0 Å². The Balaban J connectivity index is 2.13. The lowest BCUT2D eigenvalue weighted by Crippen LogP contribution is -2.20. The summed E-state index contributed by atoms with van der Waals surface area (Å²) >= 11 is 3.40. The fourth-order valence-corrected chi connectivity index (χ4v) is 2.96. The predicted molar refractivity (Wildman–Crippen MR) is 63.4 cm³/mol. The van der Waals surface area contributed by atoms with Crippen LogP contribution in [0.2, 0.25) is 0 Å². The van der Waals surface area contributed by atoms with Crippen LogP contribution < -0.4 is 5.73 Å². The van der Waals surface area contributed by atoms with E-state index in [1.54, 1.807) is 0 Å². The van der Waals surface area contributed by atoms with Gasteiger partial charge in [-0.05, 0) is 34.7 Å². The normalized spacial score (nSPS) is 26.8. The summed E-state index contributed by atoms with van der Waals surface area (Å²) in [4.78, 5) is 4.08. The number of nitrogen functional groups attached to an aromatic ring is 1. The zero-order chi connectivity index (χ0) is 10.8. The van der Waals surface area contributed by atoms with Gasteiger partial charge in [0.15, 0.2) is 4.73 Å². The summed E-state index contributed by atoms with van der Waals surface area (Å²) in [5, 5.41) is 4.24. The molecule has 0 aromatic carbocycles. The minimum atomic E-state index is 0.362. The molecule has 0 bridgehead atoms. The molecule has 1 saturated carbocycles. The Morgan fingerprint density at radius 3 is 2.93 bits per heavy atom. The molecule has 1 aromatic rings. The highest BCUT2D eigenvalue weighted by Gasteiger charge is 2.24. The molecule has 2 atom stereocenters. The lowest BCUT2D eigenvalue weighted by Gasteiger charge is -2.28. The van der Waals surface area contributed by atoms with Crippen LogP contribution in [0, 0.1) is 5.92 Å². The fourth-order valence-electron chi connectivity index (χ4n) is 2.41. The second-order valence-corrected chi connectivity index (χ2v) is 4.99. The average molecular weight is 273 g/mol. The Labute approximate surface area is 98.4 Å². The van der Waals surface area contributed by atoms with Crippen molar-refractivity contribution in [3.63, 3.8) is 0 Å². The minimum Gasteiger partial charge on any atom is -0.366 e. The van der Waals surface area contributed by atoms with Gasteiger partial charge in [0.25, 0.3) is 0 Å². The van der Waals surface area contributed by atoms with Gasteiger partial charge in [-0.15, -0.1) is 5.10 Å². The van der Waals surface area contributed by atoms with Crippen molar-refractivity contribution in [2.75, 3.05) is 5.73 Å². The number of rotatable bonds is 2. The number of hydrogen-bond acceptors (Lipinski definition) is 3. The Morgan fingerprint density at radius 1 is 1.53 bits per heavy atom. The van der Waals surface area contributed by atoms with E-state index in [0.717, 1.165) is 10.7 Å². The van der Waals surface area contributed by atoms with Crippen molar-refractivity contribution < 1.29 is 0 Å². The molecule has 1 aliphatic rings. The second kappa shape index (κ2) is 4.51. The third-order valence-corrected chi connectivity index (χ3v) is 3.83. The summed E-state index contributed by atoms with van der Waals surface area (Å²) in [6.07, 6.45) is 6.30. The number of nitrogens with two attached hydrogens (primary N) is 1. The second-order valence-electron chi connectivity index (χ2n) is 4.28. The van der Waals surface area contributed by atoms with Crippen LogP contribution >= 0.6 is 15.9 Å². The molecule has 2 rings (SSSR count).